The molecule has 0 N–H and O–H groups in total. The van der Waals surface area contributed by atoms with E-state index in [1.807, 2.05) is 36.4 Å². The van der Waals surface area contributed by atoms with Crippen LogP contribution in [0.4, 0.5) is 8.78 Å². The summed E-state index contributed by atoms with van der Waals surface area (Å²) in [4.78, 5) is 0. The summed E-state index contributed by atoms with van der Waals surface area (Å²) in [5.41, 5.74) is 1.90. The van der Waals surface area contributed by atoms with Crippen LogP contribution in [0.15, 0.2) is 66.7 Å². The lowest BCUT2D eigenvalue weighted by Gasteiger charge is -2.05. The summed E-state index contributed by atoms with van der Waals surface area (Å²) in [6.45, 7) is 0. The lowest BCUT2D eigenvalue weighted by Crippen LogP contribution is -2.02. The Balaban J connectivity index is 2.13. The first-order valence-corrected chi connectivity index (χ1v) is 6.24. The van der Waals surface area contributed by atoms with E-state index in [1.54, 1.807) is 24.3 Å². The first-order valence-electron chi connectivity index (χ1n) is 6.24. The molecular weight excluding hydrogens is 258 g/mol. The molecule has 2 aromatic carbocycles. The Kier molecular flexibility index (Phi) is 3.29. The van der Waals surface area contributed by atoms with Crippen molar-refractivity contribution in [2.75, 3.05) is 0 Å². The monoisotopic (exact) mass is 270 g/mol. The number of hydrogen-bond acceptors (Lipinski definition) is 1. The maximum Gasteiger partial charge on any atom is 0.280 e. The number of para-hydroxylation sites is 1. The fourth-order valence-corrected chi connectivity index (χ4v) is 2.08. The van der Waals surface area contributed by atoms with Crippen LogP contribution in [0, 0.1) is 0 Å². The summed E-state index contributed by atoms with van der Waals surface area (Å²) in [5, 5.41) is 4.31. The number of aromatic nitrogens is 2. The van der Waals surface area contributed by atoms with Crippen LogP contribution in [0.1, 0.15) is 12.1 Å². The van der Waals surface area contributed by atoms with Gasteiger partial charge in [-0.15, -0.1) is 0 Å². The molecule has 0 saturated heterocycles. The Morgan fingerprint density at radius 2 is 1.45 bits per heavy atom. The van der Waals surface area contributed by atoms with Gasteiger partial charge in [0.2, 0.25) is 0 Å². The highest BCUT2D eigenvalue weighted by Gasteiger charge is 2.18. The average Bonchev–Trinajstić information content (AvgIpc) is 2.94. The van der Waals surface area contributed by atoms with Gasteiger partial charge in [-0.3, -0.25) is 0 Å². The molecule has 1 aromatic heterocycles. The number of rotatable bonds is 3. The molecule has 0 saturated carbocycles. The molecular formula is C16H12F2N2. The highest BCUT2D eigenvalue weighted by atomic mass is 19.3. The number of hydrogen-bond donors (Lipinski definition) is 0. The summed E-state index contributed by atoms with van der Waals surface area (Å²) in [6.07, 6.45) is -2.57. The molecule has 0 unspecified atom stereocenters. The van der Waals surface area contributed by atoms with E-state index in [9.17, 15) is 8.78 Å². The van der Waals surface area contributed by atoms with Gasteiger partial charge in [0.1, 0.15) is 5.69 Å². The largest absolute Gasteiger partial charge is 0.280 e. The number of halogens is 2. The molecule has 20 heavy (non-hydrogen) atoms. The topological polar surface area (TPSA) is 17.8 Å². The van der Waals surface area contributed by atoms with Crippen LogP contribution >= 0.6 is 0 Å². The van der Waals surface area contributed by atoms with E-state index in [2.05, 4.69) is 5.10 Å². The van der Waals surface area contributed by atoms with Crippen molar-refractivity contribution in [1.29, 1.82) is 0 Å². The average molecular weight is 270 g/mol. The second-order valence-electron chi connectivity index (χ2n) is 4.37. The van der Waals surface area contributed by atoms with Gasteiger partial charge in [0.25, 0.3) is 6.43 Å². The Labute approximate surface area is 115 Å². The van der Waals surface area contributed by atoms with Gasteiger partial charge in [0.05, 0.1) is 11.4 Å². The summed E-state index contributed by atoms with van der Waals surface area (Å²) in [5.74, 6) is 0. The zero-order valence-electron chi connectivity index (χ0n) is 10.6. The number of nitrogens with zero attached hydrogens (tertiary/aromatic N) is 2. The summed E-state index contributed by atoms with van der Waals surface area (Å²) >= 11 is 0. The Bertz CT molecular complexity index is 691. The third kappa shape index (κ3) is 2.32. The van der Waals surface area contributed by atoms with E-state index in [0.717, 1.165) is 5.56 Å². The van der Waals surface area contributed by atoms with Crippen molar-refractivity contribution >= 4 is 0 Å². The molecule has 0 bridgehead atoms. The Hall–Kier alpha value is -2.49. The van der Waals surface area contributed by atoms with Crippen LogP contribution in [-0.4, -0.2) is 9.78 Å². The molecule has 0 radical (unpaired) electrons. The second-order valence-corrected chi connectivity index (χ2v) is 4.37. The molecule has 0 amide bonds. The van der Waals surface area contributed by atoms with E-state index in [-0.39, 0.29) is 5.69 Å². The van der Waals surface area contributed by atoms with Crippen molar-refractivity contribution in [3.63, 3.8) is 0 Å². The summed E-state index contributed by atoms with van der Waals surface area (Å²) in [7, 11) is 0. The van der Waals surface area contributed by atoms with Gasteiger partial charge in [-0.2, -0.15) is 5.10 Å². The minimum atomic E-state index is -2.57. The van der Waals surface area contributed by atoms with Crippen LogP contribution in [0.3, 0.4) is 0 Å². The van der Waals surface area contributed by atoms with Crippen LogP contribution in [0.5, 0.6) is 0 Å². The highest BCUT2D eigenvalue weighted by molar-refractivity contribution is 5.60. The molecule has 2 nitrogen and oxygen atoms in total. The predicted octanol–water partition coefficient (Wildman–Crippen LogP) is 4.48. The lowest BCUT2D eigenvalue weighted by atomic mass is 10.1. The van der Waals surface area contributed by atoms with Gasteiger partial charge < -0.3 is 0 Å². The van der Waals surface area contributed by atoms with Gasteiger partial charge in [0, 0.05) is 5.56 Å². The van der Waals surface area contributed by atoms with Gasteiger partial charge >= 0.3 is 0 Å². The highest BCUT2D eigenvalue weighted by Crippen LogP contribution is 2.27. The van der Waals surface area contributed by atoms with E-state index < -0.39 is 6.43 Å². The lowest BCUT2D eigenvalue weighted by molar-refractivity contribution is 0.143. The van der Waals surface area contributed by atoms with Crippen LogP contribution in [0.25, 0.3) is 16.9 Å². The molecule has 0 atom stereocenters. The maximum atomic E-state index is 13.2. The zero-order chi connectivity index (χ0) is 13.9. The molecule has 0 spiro atoms. The molecule has 0 fully saturated rings. The van der Waals surface area contributed by atoms with E-state index in [0.29, 0.717) is 11.4 Å². The number of alkyl halides is 2. The third-order valence-electron chi connectivity index (χ3n) is 3.03. The maximum absolute atomic E-state index is 13.2. The second kappa shape index (κ2) is 5.25. The Morgan fingerprint density at radius 1 is 0.850 bits per heavy atom. The quantitative estimate of drug-likeness (QED) is 0.686. The predicted molar refractivity (Wildman–Crippen MR) is 74.0 cm³/mol. The van der Waals surface area contributed by atoms with Crippen LogP contribution in [-0.2, 0) is 0 Å². The normalized spacial score (nSPS) is 10.9. The molecule has 3 rings (SSSR count). The fourth-order valence-electron chi connectivity index (χ4n) is 2.08. The van der Waals surface area contributed by atoms with Crippen LogP contribution in [0.2, 0.25) is 0 Å². The standard InChI is InChI=1S/C16H12F2N2/c17-16(18)15-11-14(12-7-3-1-4-8-12)19-20(15)13-9-5-2-6-10-13/h1-11,16H. The van der Waals surface area contributed by atoms with E-state index >= 15 is 0 Å². The minimum absolute atomic E-state index is 0.102. The SMILES string of the molecule is FC(F)c1cc(-c2ccccc2)nn1-c1ccccc1. The van der Waals surface area contributed by atoms with Gasteiger partial charge in [0.15, 0.2) is 0 Å². The van der Waals surface area contributed by atoms with Crippen molar-refractivity contribution < 1.29 is 8.78 Å². The van der Waals surface area contributed by atoms with Crippen molar-refractivity contribution in [1.82, 2.24) is 9.78 Å². The molecule has 0 aliphatic rings. The smallest absolute Gasteiger partial charge is 0.231 e. The third-order valence-corrected chi connectivity index (χ3v) is 3.03. The van der Waals surface area contributed by atoms with Crippen molar-refractivity contribution in [2.24, 2.45) is 0 Å². The van der Waals surface area contributed by atoms with E-state index in [4.69, 9.17) is 0 Å². The van der Waals surface area contributed by atoms with E-state index in [1.165, 1.54) is 10.7 Å². The molecule has 0 aliphatic heterocycles. The zero-order valence-corrected chi connectivity index (χ0v) is 10.6. The molecule has 4 heteroatoms. The van der Waals surface area contributed by atoms with Gasteiger partial charge in [-0.25, -0.2) is 13.5 Å². The molecule has 3 aromatic rings. The summed E-state index contributed by atoms with van der Waals surface area (Å²) in [6, 6.07) is 19.7. The first kappa shape index (κ1) is 12.5. The molecule has 0 aliphatic carbocycles. The Morgan fingerprint density at radius 3 is 2.05 bits per heavy atom. The van der Waals surface area contributed by atoms with Gasteiger partial charge in [-0.05, 0) is 18.2 Å². The van der Waals surface area contributed by atoms with Crippen LogP contribution < -0.4 is 0 Å². The number of benzene rings is 2. The summed E-state index contributed by atoms with van der Waals surface area (Å²) < 4.78 is 27.7. The van der Waals surface area contributed by atoms with Gasteiger partial charge in [-0.1, -0.05) is 48.5 Å². The minimum Gasteiger partial charge on any atom is -0.231 e. The first-order chi connectivity index (χ1) is 9.75. The molecule has 1 heterocycles. The van der Waals surface area contributed by atoms with Crippen molar-refractivity contribution in [2.45, 2.75) is 6.43 Å². The van der Waals surface area contributed by atoms with Crippen molar-refractivity contribution in [3.8, 4) is 16.9 Å². The van der Waals surface area contributed by atoms with Crippen molar-refractivity contribution in [3.05, 3.63) is 72.4 Å². The fraction of sp³-hybridized carbons (Fsp3) is 0.0625. The molecule has 100 valence electrons.